The predicted octanol–water partition coefficient (Wildman–Crippen LogP) is 6.64. The molecule has 0 N–H and O–H groups in total. The number of ether oxygens (including phenoxy) is 3. The van der Waals surface area contributed by atoms with Crippen molar-refractivity contribution in [3.05, 3.63) is 52.5 Å². The molecule has 4 atom stereocenters. The van der Waals surface area contributed by atoms with Crippen LogP contribution in [0.5, 0.6) is 6.01 Å². The fourth-order valence-corrected chi connectivity index (χ4v) is 6.36. The van der Waals surface area contributed by atoms with Crippen molar-refractivity contribution in [3.63, 3.8) is 0 Å². The van der Waals surface area contributed by atoms with E-state index >= 15 is 0 Å². The van der Waals surface area contributed by atoms with Gasteiger partial charge in [0.15, 0.2) is 20.1 Å². The predicted molar refractivity (Wildman–Crippen MR) is 152 cm³/mol. The van der Waals surface area contributed by atoms with Crippen LogP contribution in [0.1, 0.15) is 20.8 Å². The largest absolute Gasteiger partial charge is 0.456 e. The van der Waals surface area contributed by atoms with Gasteiger partial charge in [0, 0.05) is 16.6 Å². The minimum absolute atomic E-state index is 0.0968. The number of halogens is 2. The molecule has 5 rings (SSSR count). The van der Waals surface area contributed by atoms with E-state index < -0.39 is 8.32 Å². The van der Waals surface area contributed by atoms with Crippen LogP contribution >= 0.6 is 27.5 Å². The van der Waals surface area contributed by atoms with E-state index in [1.54, 1.807) is 6.08 Å². The average Bonchev–Trinajstić information content (AvgIpc) is 3.50. The van der Waals surface area contributed by atoms with Gasteiger partial charge in [-0.1, -0.05) is 66.5 Å². The molecule has 0 aliphatic carbocycles. The highest BCUT2D eigenvalue weighted by atomic mass is 79.9. The highest BCUT2D eigenvalue weighted by Crippen LogP contribution is 2.41. The molecule has 2 aliphatic rings. The second kappa shape index (κ2) is 10.1. The summed E-state index contributed by atoms with van der Waals surface area (Å²) in [4.78, 5) is 9.53. The Bertz CT molecular complexity index is 1310. The second-order valence-electron chi connectivity index (χ2n) is 11.1. The summed E-state index contributed by atoms with van der Waals surface area (Å²) in [6, 6.07) is 10.2. The van der Waals surface area contributed by atoms with Gasteiger partial charge in [-0.3, -0.25) is 4.57 Å². The third-order valence-corrected chi connectivity index (χ3v) is 12.9. The van der Waals surface area contributed by atoms with Crippen molar-refractivity contribution >= 4 is 47.0 Å². The minimum atomic E-state index is -1.96. The third kappa shape index (κ3) is 5.14. The maximum atomic E-state index is 6.67. The molecule has 7 nitrogen and oxygen atoms in total. The quantitative estimate of drug-likeness (QED) is 0.222. The van der Waals surface area contributed by atoms with Crippen LogP contribution in [-0.2, 0) is 20.4 Å². The summed E-state index contributed by atoms with van der Waals surface area (Å²) in [7, 11) is -1.96. The Morgan fingerprint density at radius 1 is 1.14 bits per heavy atom. The summed E-state index contributed by atoms with van der Waals surface area (Å²) in [5, 5.41) is 0.652. The molecule has 2 aliphatic heterocycles. The molecule has 1 unspecified atom stereocenters. The van der Waals surface area contributed by atoms with Gasteiger partial charge in [-0.25, -0.2) is 4.98 Å². The zero-order valence-electron chi connectivity index (χ0n) is 21.8. The molecule has 4 heterocycles. The van der Waals surface area contributed by atoms with Crippen LogP contribution in [0.15, 0.2) is 47.5 Å². The average molecular weight is 607 g/mol. The highest BCUT2D eigenvalue weighted by Gasteiger charge is 2.52. The highest BCUT2D eigenvalue weighted by molar-refractivity contribution is 9.10. The van der Waals surface area contributed by atoms with Gasteiger partial charge in [0.1, 0.15) is 12.2 Å². The molecule has 1 aromatic carbocycles. The van der Waals surface area contributed by atoms with Crippen LogP contribution in [0.25, 0.3) is 22.4 Å². The van der Waals surface area contributed by atoms with E-state index in [9.17, 15) is 0 Å². The van der Waals surface area contributed by atoms with Gasteiger partial charge in [-0.05, 0) is 36.3 Å². The molecule has 2 fully saturated rings. The van der Waals surface area contributed by atoms with Crippen molar-refractivity contribution in [1.29, 1.82) is 0 Å². The van der Waals surface area contributed by atoms with Crippen LogP contribution in [-0.4, -0.2) is 60.5 Å². The number of hydrogen-bond donors (Lipinski definition) is 0. The lowest BCUT2D eigenvalue weighted by Gasteiger charge is -2.39. The Kier molecular flexibility index (Phi) is 7.32. The molecule has 0 spiro atoms. The number of allylic oxidation sites excluding steroid dienone is 1. The van der Waals surface area contributed by atoms with Crippen LogP contribution < -0.4 is 4.74 Å². The van der Waals surface area contributed by atoms with Gasteiger partial charge in [-0.15, -0.1) is 6.58 Å². The van der Waals surface area contributed by atoms with Gasteiger partial charge in [0.05, 0.1) is 35.6 Å². The maximum absolute atomic E-state index is 6.67. The molecule has 10 heteroatoms. The Morgan fingerprint density at radius 3 is 2.43 bits per heavy atom. The van der Waals surface area contributed by atoms with Crippen molar-refractivity contribution < 1.29 is 18.6 Å². The van der Waals surface area contributed by atoms with Crippen molar-refractivity contribution in [2.45, 2.75) is 69.9 Å². The first-order valence-electron chi connectivity index (χ1n) is 12.5. The van der Waals surface area contributed by atoms with E-state index in [1.165, 1.54) is 0 Å². The summed E-state index contributed by atoms with van der Waals surface area (Å²) in [6.45, 7) is 16.5. The number of pyridine rings is 1. The number of rotatable bonds is 7. The smallest absolute Gasteiger partial charge is 0.299 e. The first-order chi connectivity index (χ1) is 17.5. The molecule has 198 valence electrons. The van der Waals surface area contributed by atoms with Crippen molar-refractivity contribution in [2.24, 2.45) is 0 Å². The Labute approximate surface area is 232 Å². The third-order valence-electron chi connectivity index (χ3n) is 7.56. The summed E-state index contributed by atoms with van der Waals surface area (Å²) >= 11 is 10.1. The molecule has 2 saturated heterocycles. The summed E-state index contributed by atoms with van der Waals surface area (Å²) < 4.78 is 28.3. The fourth-order valence-electron chi connectivity index (χ4n) is 4.53. The van der Waals surface area contributed by atoms with Crippen molar-refractivity contribution in [2.75, 3.05) is 13.2 Å². The molecule has 2 aromatic heterocycles. The summed E-state index contributed by atoms with van der Waals surface area (Å²) in [5.74, 6) is 0. The van der Waals surface area contributed by atoms with E-state index in [-0.39, 0.29) is 29.5 Å². The van der Waals surface area contributed by atoms with Crippen LogP contribution in [0.2, 0.25) is 23.2 Å². The monoisotopic (exact) mass is 605 g/mol. The van der Waals surface area contributed by atoms with Gasteiger partial charge >= 0.3 is 0 Å². The Balaban J connectivity index is 1.40. The number of benzene rings is 1. The number of aromatic nitrogens is 3. The number of nitrogens with zero attached hydrogens (tertiary/aromatic N) is 3. The zero-order chi connectivity index (χ0) is 26.5. The SMILES string of the molecule is C=CCn1c(O[C@@H]2COC3[C@H](O[Si](C)(C)C(C)(C)C)CO[C@@H]32)nc2nc(-c3ccc(Br)cc3)c(Cl)cc21. The molecule has 37 heavy (non-hydrogen) atoms. The first-order valence-corrected chi connectivity index (χ1v) is 16.6. The molecular formula is C27H33BrClN3O4Si. The Morgan fingerprint density at radius 2 is 1.78 bits per heavy atom. The maximum Gasteiger partial charge on any atom is 0.299 e. The number of fused-ring (bicyclic) bond motifs is 2. The summed E-state index contributed by atoms with van der Waals surface area (Å²) in [5.41, 5.74) is 2.92. The standard InChI is InChI=1S/C27H33BrClN3O4Si/c1-7-12-32-19-13-18(29)22(16-8-10-17(28)11-9-16)30-25(19)31-26(32)35-20-14-33-24-21(15-34-23(20)24)36-37(5,6)27(2,3)4/h7-11,13,20-21,23-24H,1,12,14-15H2,2-6H3/t20-,21-,23-,24?/m1/s1. The lowest BCUT2D eigenvalue weighted by atomic mass is 10.1. The van der Waals surface area contributed by atoms with Crippen LogP contribution in [0.3, 0.4) is 0 Å². The molecule has 0 saturated carbocycles. The normalized spacial score (nSPS) is 24.0. The molecular weight excluding hydrogens is 574 g/mol. The lowest BCUT2D eigenvalue weighted by Crippen LogP contribution is -2.47. The van der Waals surface area contributed by atoms with Gasteiger partial charge < -0.3 is 18.6 Å². The zero-order valence-corrected chi connectivity index (χ0v) is 25.2. The van der Waals surface area contributed by atoms with E-state index in [0.717, 1.165) is 15.6 Å². The van der Waals surface area contributed by atoms with E-state index in [2.05, 4.69) is 56.4 Å². The number of hydrogen-bond acceptors (Lipinski definition) is 6. The molecule has 0 radical (unpaired) electrons. The van der Waals surface area contributed by atoms with Gasteiger partial charge in [-0.2, -0.15) is 4.98 Å². The van der Waals surface area contributed by atoms with Gasteiger partial charge in [0.25, 0.3) is 6.01 Å². The fraction of sp³-hybridized carbons (Fsp3) is 0.481. The van der Waals surface area contributed by atoms with E-state index in [1.807, 2.05) is 34.9 Å². The minimum Gasteiger partial charge on any atom is -0.456 e. The van der Waals surface area contributed by atoms with Gasteiger partial charge in [0.2, 0.25) is 0 Å². The topological polar surface area (TPSA) is 67.6 Å². The molecule has 0 bridgehead atoms. The van der Waals surface area contributed by atoms with E-state index in [0.29, 0.717) is 42.1 Å². The lowest BCUT2D eigenvalue weighted by molar-refractivity contribution is 0.0105. The number of imidazole rings is 1. The van der Waals surface area contributed by atoms with E-state index in [4.69, 9.17) is 40.2 Å². The van der Waals surface area contributed by atoms with Crippen molar-refractivity contribution in [1.82, 2.24) is 14.5 Å². The molecule has 0 amide bonds. The van der Waals surface area contributed by atoms with Crippen LogP contribution in [0, 0.1) is 0 Å². The Hall–Kier alpha value is -1.75. The van der Waals surface area contributed by atoms with Crippen LogP contribution in [0.4, 0.5) is 0 Å². The first kappa shape index (κ1) is 26.8. The second-order valence-corrected chi connectivity index (χ2v) is 17.2. The van der Waals surface area contributed by atoms with Crippen molar-refractivity contribution in [3.8, 4) is 17.3 Å². The molecule has 3 aromatic rings. The summed E-state index contributed by atoms with van der Waals surface area (Å²) in [6.07, 6.45) is 1.02.